The Morgan fingerprint density at radius 2 is 1.82 bits per heavy atom. The number of hydrogen-bond acceptors (Lipinski definition) is 5. The van der Waals surface area contributed by atoms with E-state index in [0.717, 1.165) is 69.2 Å². The SMILES string of the molecule is Cc1ccc([C@@H]2c3cc(OCc4ccc(C(=O)NC[C@H]5CCCO5)o4)ccc3CCN2C(=O)C2CCCC2)cc1. The third-order valence-corrected chi connectivity index (χ3v) is 8.51. The van der Waals surface area contributed by atoms with Gasteiger partial charge in [-0.25, -0.2) is 0 Å². The summed E-state index contributed by atoms with van der Waals surface area (Å²) < 4.78 is 17.5. The molecule has 7 nitrogen and oxygen atoms in total. The van der Waals surface area contributed by atoms with Crippen LogP contribution in [0, 0.1) is 12.8 Å². The Morgan fingerprint density at radius 1 is 1.00 bits per heavy atom. The number of furan rings is 1. The normalized spacial score (nSPS) is 20.9. The largest absolute Gasteiger partial charge is 0.486 e. The van der Waals surface area contributed by atoms with Crippen molar-refractivity contribution >= 4 is 11.8 Å². The van der Waals surface area contributed by atoms with E-state index in [9.17, 15) is 9.59 Å². The fourth-order valence-corrected chi connectivity index (χ4v) is 6.27. The van der Waals surface area contributed by atoms with Crippen molar-refractivity contribution < 1.29 is 23.5 Å². The zero-order valence-electron chi connectivity index (χ0n) is 23.2. The minimum Gasteiger partial charge on any atom is -0.486 e. The number of nitrogens with zero attached hydrogens (tertiary/aromatic N) is 1. The second-order valence-electron chi connectivity index (χ2n) is 11.3. The standard InChI is InChI=1S/C33H38N2O5/c1-22-8-10-24(11-9-22)31-29-19-26(13-12-23(29)16-17-35(31)33(37)25-5-2-3-6-25)39-21-28-14-15-30(40-28)32(36)34-20-27-7-4-18-38-27/h8-15,19,25,27,31H,2-7,16-18,20-21H2,1H3,(H,34,36)/t27-,31-/m1/s1. The third-order valence-electron chi connectivity index (χ3n) is 8.51. The van der Waals surface area contributed by atoms with Crippen molar-refractivity contribution in [1.29, 1.82) is 0 Å². The highest BCUT2D eigenvalue weighted by atomic mass is 16.5. The molecule has 1 saturated heterocycles. The van der Waals surface area contributed by atoms with Gasteiger partial charge in [0.15, 0.2) is 5.76 Å². The van der Waals surface area contributed by atoms with Gasteiger partial charge in [-0.3, -0.25) is 9.59 Å². The first-order chi connectivity index (χ1) is 19.5. The van der Waals surface area contributed by atoms with Gasteiger partial charge >= 0.3 is 0 Å². The summed E-state index contributed by atoms with van der Waals surface area (Å²) in [6.07, 6.45) is 7.17. The minimum absolute atomic E-state index is 0.0823. The first kappa shape index (κ1) is 26.6. The van der Waals surface area contributed by atoms with Crippen molar-refractivity contribution in [3.8, 4) is 5.75 Å². The molecule has 6 rings (SSSR count). The number of hydrogen-bond donors (Lipinski definition) is 1. The quantitative estimate of drug-likeness (QED) is 0.393. The average molecular weight is 543 g/mol. The highest BCUT2D eigenvalue weighted by Crippen LogP contribution is 2.40. The lowest BCUT2D eigenvalue weighted by Gasteiger charge is -2.39. The summed E-state index contributed by atoms with van der Waals surface area (Å²) in [7, 11) is 0. The van der Waals surface area contributed by atoms with Crippen LogP contribution < -0.4 is 10.1 Å². The molecule has 1 aliphatic carbocycles. The van der Waals surface area contributed by atoms with Gasteiger partial charge in [-0.15, -0.1) is 0 Å². The van der Waals surface area contributed by atoms with E-state index in [-0.39, 0.29) is 42.2 Å². The number of rotatable bonds is 8. The van der Waals surface area contributed by atoms with E-state index in [2.05, 4.69) is 53.5 Å². The van der Waals surface area contributed by atoms with Gasteiger partial charge in [0.1, 0.15) is 18.1 Å². The fraction of sp³-hybridized carbons (Fsp3) is 0.455. The zero-order chi connectivity index (χ0) is 27.5. The molecule has 1 aromatic heterocycles. The summed E-state index contributed by atoms with van der Waals surface area (Å²) in [5.74, 6) is 1.72. The maximum Gasteiger partial charge on any atom is 0.287 e. The lowest BCUT2D eigenvalue weighted by Crippen LogP contribution is -2.43. The Hall–Kier alpha value is -3.58. The lowest BCUT2D eigenvalue weighted by molar-refractivity contribution is -0.137. The molecule has 0 spiro atoms. The van der Waals surface area contributed by atoms with Crippen molar-refractivity contribution in [2.24, 2.45) is 5.92 Å². The van der Waals surface area contributed by atoms with Crippen LogP contribution in [0.25, 0.3) is 0 Å². The Balaban J connectivity index is 1.17. The van der Waals surface area contributed by atoms with Crippen LogP contribution >= 0.6 is 0 Å². The number of aryl methyl sites for hydroxylation is 1. The zero-order valence-corrected chi connectivity index (χ0v) is 23.2. The second-order valence-corrected chi connectivity index (χ2v) is 11.3. The van der Waals surface area contributed by atoms with Crippen molar-refractivity contribution in [2.75, 3.05) is 19.7 Å². The molecule has 2 fully saturated rings. The van der Waals surface area contributed by atoms with Gasteiger partial charge in [0.25, 0.3) is 5.91 Å². The van der Waals surface area contributed by atoms with Gasteiger partial charge < -0.3 is 24.1 Å². The molecule has 1 N–H and O–H groups in total. The molecule has 2 amide bonds. The molecule has 0 radical (unpaired) electrons. The Labute approximate surface area is 235 Å². The van der Waals surface area contributed by atoms with Gasteiger partial charge in [-0.1, -0.05) is 48.7 Å². The molecule has 1 saturated carbocycles. The molecule has 210 valence electrons. The van der Waals surface area contributed by atoms with Crippen molar-refractivity contribution in [3.05, 3.63) is 88.4 Å². The fourth-order valence-electron chi connectivity index (χ4n) is 6.27. The van der Waals surface area contributed by atoms with E-state index in [1.807, 2.05) is 6.07 Å². The van der Waals surface area contributed by atoms with Crippen molar-refractivity contribution in [3.63, 3.8) is 0 Å². The van der Waals surface area contributed by atoms with Crippen molar-refractivity contribution in [1.82, 2.24) is 10.2 Å². The van der Waals surface area contributed by atoms with E-state index in [4.69, 9.17) is 13.9 Å². The molecule has 0 bridgehead atoms. The summed E-state index contributed by atoms with van der Waals surface area (Å²) in [6, 6.07) is 18.0. The second kappa shape index (κ2) is 11.9. The summed E-state index contributed by atoms with van der Waals surface area (Å²) >= 11 is 0. The monoisotopic (exact) mass is 542 g/mol. The van der Waals surface area contributed by atoms with Crippen LogP contribution in [-0.4, -0.2) is 42.5 Å². The topological polar surface area (TPSA) is 81.0 Å². The molecule has 3 aliphatic rings. The van der Waals surface area contributed by atoms with Crippen LogP contribution in [0.15, 0.2) is 59.0 Å². The summed E-state index contributed by atoms with van der Waals surface area (Å²) in [5.41, 5.74) is 4.69. The van der Waals surface area contributed by atoms with Gasteiger partial charge in [-0.2, -0.15) is 0 Å². The molecule has 2 atom stereocenters. The smallest absolute Gasteiger partial charge is 0.287 e. The number of ether oxygens (including phenoxy) is 2. The first-order valence-corrected chi connectivity index (χ1v) is 14.7. The van der Waals surface area contributed by atoms with Crippen LogP contribution in [0.3, 0.4) is 0 Å². The number of carbonyl (C=O) groups excluding carboxylic acids is 2. The molecule has 3 aromatic rings. The van der Waals surface area contributed by atoms with Crippen LogP contribution in [0.2, 0.25) is 0 Å². The predicted molar refractivity (Wildman–Crippen MR) is 151 cm³/mol. The highest BCUT2D eigenvalue weighted by Gasteiger charge is 2.36. The molecular formula is C33H38N2O5. The Bertz CT molecular complexity index is 1340. The van der Waals surface area contributed by atoms with Crippen molar-refractivity contribution in [2.45, 2.75) is 70.6 Å². The van der Waals surface area contributed by atoms with E-state index in [0.29, 0.717) is 18.1 Å². The van der Waals surface area contributed by atoms with Crippen LogP contribution in [-0.2, 0) is 22.6 Å². The molecule has 3 heterocycles. The maximum atomic E-state index is 13.7. The Morgan fingerprint density at radius 3 is 2.60 bits per heavy atom. The number of amides is 2. The van der Waals surface area contributed by atoms with Gasteiger partial charge in [0.05, 0.1) is 12.1 Å². The highest BCUT2D eigenvalue weighted by molar-refractivity contribution is 5.91. The van der Waals surface area contributed by atoms with E-state index >= 15 is 0 Å². The maximum absolute atomic E-state index is 13.7. The number of carbonyl (C=O) groups is 2. The number of fused-ring (bicyclic) bond motifs is 1. The van der Waals surface area contributed by atoms with Gasteiger partial charge in [0.2, 0.25) is 5.91 Å². The molecule has 7 heteroatoms. The predicted octanol–water partition coefficient (Wildman–Crippen LogP) is 5.74. The molecular weight excluding hydrogens is 504 g/mol. The first-order valence-electron chi connectivity index (χ1n) is 14.7. The number of benzene rings is 2. The van der Waals surface area contributed by atoms with E-state index < -0.39 is 0 Å². The van der Waals surface area contributed by atoms with Gasteiger partial charge in [-0.05, 0) is 80.0 Å². The Kier molecular flexibility index (Phi) is 7.91. The molecule has 2 aliphatic heterocycles. The number of nitrogens with one attached hydrogen (secondary N) is 1. The molecule has 2 aromatic carbocycles. The van der Waals surface area contributed by atoms with Gasteiger partial charge in [0, 0.05) is 25.6 Å². The summed E-state index contributed by atoms with van der Waals surface area (Å²) in [5, 5.41) is 2.89. The summed E-state index contributed by atoms with van der Waals surface area (Å²) in [4.78, 5) is 28.3. The van der Waals surface area contributed by atoms with E-state index in [1.165, 1.54) is 11.1 Å². The van der Waals surface area contributed by atoms with Crippen LogP contribution in [0.1, 0.15) is 83.1 Å². The third kappa shape index (κ3) is 5.80. The lowest BCUT2D eigenvalue weighted by atomic mass is 9.86. The molecule has 0 unspecified atom stereocenters. The minimum atomic E-state index is -0.247. The molecule has 40 heavy (non-hydrogen) atoms. The summed E-state index contributed by atoms with van der Waals surface area (Å²) in [6.45, 7) is 4.26. The average Bonchev–Trinajstić information content (AvgIpc) is 3.78. The van der Waals surface area contributed by atoms with E-state index in [1.54, 1.807) is 12.1 Å². The van der Waals surface area contributed by atoms with Crippen LogP contribution in [0.5, 0.6) is 5.75 Å². The van der Waals surface area contributed by atoms with Crippen LogP contribution in [0.4, 0.5) is 0 Å².